The summed E-state index contributed by atoms with van der Waals surface area (Å²) in [5.74, 6) is 0. The molecule has 0 spiro atoms. The summed E-state index contributed by atoms with van der Waals surface area (Å²) in [6.45, 7) is -0.426. The lowest BCUT2D eigenvalue weighted by Gasteiger charge is -2.06. The highest BCUT2D eigenvalue weighted by atomic mass is 19.4. The van der Waals surface area contributed by atoms with Gasteiger partial charge in [0.1, 0.15) is 0 Å². The molecule has 0 fully saturated rings. The molecule has 1 rings (SSSR count). The number of ether oxygens (including phenoxy) is 1. The standard InChI is InChI=1S/C8H7F3O/c9-8(10,11)12-6-7-4-2-1-3-5-7/h1-5H,6H2. The minimum absolute atomic E-state index is 0.426. The second-order valence-corrected chi connectivity index (χ2v) is 2.22. The predicted molar refractivity (Wildman–Crippen MR) is 37.3 cm³/mol. The van der Waals surface area contributed by atoms with E-state index in [1.165, 1.54) is 0 Å². The molecule has 0 heterocycles. The number of hydrogen-bond acceptors (Lipinski definition) is 1. The third-order valence-electron chi connectivity index (χ3n) is 1.25. The summed E-state index contributed by atoms with van der Waals surface area (Å²) in [5.41, 5.74) is 0.509. The Morgan fingerprint density at radius 1 is 1.08 bits per heavy atom. The van der Waals surface area contributed by atoms with Crippen LogP contribution >= 0.6 is 0 Å². The molecule has 0 atom stereocenters. The average molecular weight is 176 g/mol. The topological polar surface area (TPSA) is 9.23 Å². The Morgan fingerprint density at radius 3 is 2.17 bits per heavy atom. The molecule has 1 aromatic carbocycles. The van der Waals surface area contributed by atoms with Crippen molar-refractivity contribution in [1.82, 2.24) is 0 Å². The van der Waals surface area contributed by atoms with E-state index in [4.69, 9.17) is 0 Å². The summed E-state index contributed by atoms with van der Waals surface area (Å²) in [5, 5.41) is 0. The molecule has 0 bridgehead atoms. The van der Waals surface area contributed by atoms with E-state index in [-0.39, 0.29) is 0 Å². The molecular weight excluding hydrogens is 169 g/mol. The Balaban J connectivity index is 2.44. The van der Waals surface area contributed by atoms with Crippen LogP contribution in [-0.4, -0.2) is 6.36 Å². The largest absolute Gasteiger partial charge is 0.522 e. The van der Waals surface area contributed by atoms with Gasteiger partial charge in [-0.2, -0.15) is 0 Å². The van der Waals surface area contributed by atoms with Crippen molar-refractivity contribution in [2.45, 2.75) is 13.0 Å². The fourth-order valence-corrected chi connectivity index (χ4v) is 0.739. The van der Waals surface area contributed by atoms with E-state index in [0.717, 1.165) is 0 Å². The molecule has 1 nitrogen and oxygen atoms in total. The maximum absolute atomic E-state index is 11.5. The van der Waals surface area contributed by atoms with Crippen LogP contribution in [0.25, 0.3) is 0 Å². The summed E-state index contributed by atoms with van der Waals surface area (Å²) >= 11 is 0. The first-order valence-corrected chi connectivity index (χ1v) is 3.32. The lowest BCUT2D eigenvalue weighted by atomic mass is 10.2. The second kappa shape index (κ2) is 3.58. The molecule has 0 aliphatic rings. The van der Waals surface area contributed by atoms with Crippen molar-refractivity contribution in [3.8, 4) is 0 Å². The molecule has 0 aromatic heterocycles. The lowest BCUT2D eigenvalue weighted by molar-refractivity contribution is -0.330. The first kappa shape index (κ1) is 9.06. The summed E-state index contributed by atoms with van der Waals surface area (Å²) in [6.07, 6.45) is -4.55. The van der Waals surface area contributed by atoms with Crippen molar-refractivity contribution < 1.29 is 17.9 Å². The zero-order valence-corrected chi connectivity index (χ0v) is 6.14. The third kappa shape index (κ3) is 3.39. The fourth-order valence-electron chi connectivity index (χ4n) is 0.739. The van der Waals surface area contributed by atoms with Gasteiger partial charge in [0.2, 0.25) is 0 Å². The van der Waals surface area contributed by atoms with Gasteiger partial charge in [0, 0.05) is 0 Å². The molecule has 0 amide bonds. The van der Waals surface area contributed by atoms with Crippen molar-refractivity contribution >= 4 is 0 Å². The Labute approximate surface area is 67.8 Å². The highest BCUT2D eigenvalue weighted by Crippen LogP contribution is 2.18. The van der Waals surface area contributed by atoms with Crippen LogP contribution in [0.1, 0.15) is 5.56 Å². The van der Waals surface area contributed by atoms with Crippen molar-refractivity contribution in [3.05, 3.63) is 35.9 Å². The zero-order valence-electron chi connectivity index (χ0n) is 6.14. The highest BCUT2D eigenvalue weighted by molar-refractivity contribution is 5.13. The smallest absolute Gasteiger partial charge is 0.287 e. The van der Waals surface area contributed by atoms with E-state index in [1.54, 1.807) is 30.3 Å². The van der Waals surface area contributed by atoms with Gasteiger partial charge in [0.15, 0.2) is 0 Å². The van der Waals surface area contributed by atoms with E-state index in [1.807, 2.05) is 0 Å². The molecule has 66 valence electrons. The van der Waals surface area contributed by atoms with Gasteiger partial charge >= 0.3 is 6.36 Å². The summed E-state index contributed by atoms with van der Waals surface area (Å²) in [6, 6.07) is 8.21. The quantitative estimate of drug-likeness (QED) is 0.673. The van der Waals surface area contributed by atoms with Crippen LogP contribution in [0, 0.1) is 0 Å². The SMILES string of the molecule is FC(F)(F)OCc1ccccc1. The van der Waals surface area contributed by atoms with Gasteiger partial charge in [-0.1, -0.05) is 30.3 Å². The molecule has 0 saturated heterocycles. The number of hydrogen-bond donors (Lipinski definition) is 0. The zero-order chi connectivity index (χ0) is 9.03. The van der Waals surface area contributed by atoms with Crippen molar-refractivity contribution in [2.75, 3.05) is 0 Å². The monoisotopic (exact) mass is 176 g/mol. The van der Waals surface area contributed by atoms with Gasteiger partial charge in [0.05, 0.1) is 6.61 Å². The maximum Gasteiger partial charge on any atom is 0.522 e. The number of rotatable bonds is 2. The minimum atomic E-state index is -4.55. The van der Waals surface area contributed by atoms with Crippen molar-refractivity contribution in [3.63, 3.8) is 0 Å². The van der Waals surface area contributed by atoms with Crippen LogP contribution in [0.3, 0.4) is 0 Å². The van der Waals surface area contributed by atoms with Gasteiger partial charge < -0.3 is 0 Å². The van der Waals surface area contributed by atoms with E-state index < -0.39 is 13.0 Å². The number of halogens is 3. The van der Waals surface area contributed by atoms with Gasteiger partial charge in [-0.15, -0.1) is 13.2 Å². The molecule has 0 unspecified atom stereocenters. The van der Waals surface area contributed by atoms with Crippen LogP contribution in [0.5, 0.6) is 0 Å². The van der Waals surface area contributed by atoms with Crippen LogP contribution in [0.4, 0.5) is 13.2 Å². The van der Waals surface area contributed by atoms with Gasteiger partial charge in [-0.25, -0.2) is 0 Å². The maximum atomic E-state index is 11.5. The molecular formula is C8H7F3O. The molecule has 0 N–H and O–H groups in total. The molecule has 0 aliphatic carbocycles. The van der Waals surface area contributed by atoms with E-state index in [9.17, 15) is 13.2 Å². The van der Waals surface area contributed by atoms with Crippen LogP contribution in [-0.2, 0) is 11.3 Å². The van der Waals surface area contributed by atoms with Gasteiger partial charge in [-0.05, 0) is 5.56 Å². The molecule has 0 saturated carbocycles. The average Bonchev–Trinajstić information content (AvgIpc) is 2.02. The predicted octanol–water partition coefficient (Wildman–Crippen LogP) is 2.72. The highest BCUT2D eigenvalue weighted by Gasteiger charge is 2.28. The first-order chi connectivity index (χ1) is 5.58. The Hall–Kier alpha value is -1.03. The summed E-state index contributed by atoms with van der Waals surface area (Å²) < 4.78 is 38.2. The van der Waals surface area contributed by atoms with Crippen LogP contribution < -0.4 is 0 Å². The Kier molecular flexibility index (Phi) is 2.70. The Bertz CT molecular complexity index is 230. The van der Waals surface area contributed by atoms with Crippen LogP contribution in [0.2, 0.25) is 0 Å². The first-order valence-electron chi connectivity index (χ1n) is 3.32. The second-order valence-electron chi connectivity index (χ2n) is 2.22. The van der Waals surface area contributed by atoms with Gasteiger partial charge in [-0.3, -0.25) is 4.74 Å². The van der Waals surface area contributed by atoms with Crippen LogP contribution in [0.15, 0.2) is 30.3 Å². The Morgan fingerprint density at radius 2 is 1.67 bits per heavy atom. The van der Waals surface area contributed by atoms with E-state index in [0.29, 0.717) is 5.56 Å². The fraction of sp³-hybridized carbons (Fsp3) is 0.250. The molecule has 0 radical (unpaired) electrons. The van der Waals surface area contributed by atoms with Crippen molar-refractivity contribution in [2.24, 2.45) is 0 Å². The van der Waals surface area contributed by atoms with E-state index in [2.05, 4.69) is 4.74 Å². The third-order valence-corrected chi connectivity index (χ3v) is 1.25. The molecule has 12 heavy (non-hydrogen) atoms. The van der Waals surface area contributed by atoms with Gasteiger partial charge in [0.25, 0.3) is 0 Å². The molecule has 0 aliphatic heterocycles. The summed E-state index contributed by atoms with van der Waals surface area (Å²) in [4.78, 5) is 0. The number of benzene rings is 1. The minimum Gasteiger partial charge on any atom is -0.287 e. The number of alkyl halides is 3. The van der Waals surface area contributed by atoms with E-state index >= 15 is 0 Å². The molecule has 1 aromatic rings. The van der Waals surface area contributed by atoms with Crippen molar-refractivity contribution in [1.29, 1.82) is 0 Å². The normalized spacial score (nSPS) is 11.6. The summed E-state index contributed by atoms with van der Waals surface area (Å²) in [7, 11) is 0. The molecule has 4 heteroatoms. The lowest BCUT2D eigenvalue weighted by Crippen LogP contribution is -2.12.